The highest BCUT2D eigenvalue weighted by molar-refractivity contribution is 5.77. The van der Waals surface area contributed by atoms with E-state index in [2.05, 4.69) is 20.3 Å². The number of rotatable bonds is 6. The van der Waals surface area contributed by atoms with Crippen molar-refractivity contribution in [3.05, 3.63) is 47.9 Å². The van der Waals surface area contributed by atoms with Gasteiger partial charge in [-0.05, 0) is 38.3 Å². The molecule has 0 N–H and O–H groups in total. The summed E-state index contributed by atoms with van der Waals surface area (Å²) in [6.07, 6.45) is 6.97. The van der Waals surface area contributed by atoms with Crippen molar-refractivity contribution >= 4 is 5.91 Å². The van der Waals surface area contributed by atoms with Gasteiger partial charge in [0.1, 0.15) is 11.5 Å². The lowest BCUT2D eigenvalue weighted by Crippen LogP contribution is -2.30. The van der Waals surface area contributed by atoms with Crippen molar-refractivity contribution < 1.29 is 13.8 Å². The largest absolute Gasteiger partial charge is 0.361 e. The van der Waals surface area contributed by atoms with Crippen LogP contribution in [0.4, 0.5) is 0 Å². The lowest BCUT2D eigenvalue weighted by molar-refractivity contribution is -0.132. The Labute approximate surface area is 156 Å². The molecule has 0 saturated carbocycles. The van der Waals surface area contributed by atoms with Crippen molar-refractivity contribution in [1.82, 2.24) is 25.2 Å². The number of pyridine rings is 1. The summed E-state index contributed by atoms with van der Waals surface area (Å²) in [6.45, 7) is 2.63. The Balaban J connectivity index is 1.31. The molecule has 140 valence electrons. The van der Waals surface area contributed by atoms with Crippen LogP contribution in [0, 0.1) is 6.92 Å². The number of carbonyl (C=O) groups is 1. The molecule has 1 atom stereocenters. The van der Waals surface area contributed by atoms with E-state index in [4.69, 9.17) is 9.05 Å². The van der Waals surface area contributed by atoms with Crippen LogP contribution < -0.4 is 0 Å². The van der Waals surface area contributed by atoms with Crippen LogP contribution >= 0.6 is 0 Å². The molecule has 3 aromatic heterocycles. The van der Waals surface area contributed by atoms with Gasteiger partial charge in [0.25, 0.3) is 0 Å². The quantitative estimate of drug-likeness (QED) is 0.660. The maximum absolute atomic E-state index is 12.6. The number of aromatic nitrogens is 4. The second-order valence-electron chi connectivity index (χ2n) is 6.71. The van der Waals surface area contributed by atoms with Gasteiger partial charge >= 0.3 is 0 Å². The molecule has 0 spiro atoms. The molecular formula is C19H21N5O3. The lowest BCUT2D eigenvalue weighted by Gasteiger charge is -2.22. The first-order chi connectivity index (χ1) is 13.2. The summed E-state index contributed by atoms with van der Waals surface area (Å²) in [5, 5.41) is 8.07. The van der Waals surface area contributed by atoms with E-state index >= 15 is 0 Å². The number of hydrogen-bond acceptors (Lipinski definition) is 7. The average Bonchev–Trinajstić information content (AvgIpc) is 3.42. The number of hydrogen-bond donors (Lipinski definition) is 0. The molecule has 8 heteroatoms. The van der Waals surface area contributed by atoms with Gasteiger partial charge in [0.15, 0.2) is 0 Å². The molecule has 4 rings (SSSR count). The molecule has 0 aliphatic carbocycles. The zero-order valence-corrected chi connectivity index (χ0v) is 15.2. The fraction of sp³-hybridized carbons (Fsp3) is 0.421. The predicted octanol–water partition coefficient (Wildman–Crippen LogP) is 3.11. The molecule has 0 radical (unpaired) electrons. The van der Waals surface area contributed by atoms with Crippen LogP contribution in [0.15, 0.2) is 39.6 Å². The van der Waals surface area contributed by atoms with Gasteiger partial charge in [0.2, 0.25) is 17.6 Å². The monoisotopic (exact) mass is 367 g/mol. The molecule has 3 aromatic rings. The van der Waals surface area contributed by atoms with E-state index in [-0.39, 0.29) is 11.9 Å². The van der Waals surface area contributed by atoms with Gasteiger partial charge < -0.3 is 13.9 Å². The van der Waals surface area contributed by atoms with Crippen molar-refractivity contribution in [3.63, 3.8) is 0 Å². The fourth-order valence-electron chi connectivity index (χ4n) is 3.42. The minimum absolute atomic E-state index is 0.0247. The van der Waals surface area contributed by atoms with Gasteiger partial charge in [0.05, 0.1) is 6.04 Å². The van der Waals surface area contributed by atoms with Gasteiger partial charge in [-0.1, -0.05) is 10.3 Å². The van der Waals surface area contributed by atoms with Gasteiger partial charge in [-0.15, -0.1) is 0 Å². The number of nitrogens with zero attached hydrogens (tertiary/aromatic N) is 5. The zero-order chi connectivity index (χ0) is 18.6. The van der Waals surface area contributed by atoms with Crippen LogP contribution in [-0.2, 0) is 11.2 Å². The maximum atomic E-state index is 12.6. The fourth-order valence-corrected chi connectivity index (χ4v) is 3.42. The summed E-state index contributed by atoms with van der Waals surface area (Å²) in [6, 6.07) is 5.60. The first-order valence-electron chi connectivity index (χ1n) is 9.16. The third-order valence-corrected chi connectivity index (χ3v) is 4.75. The summed E-state index contributed by atoms with van der Waals surface area (Å²) >= 11 is 0. The van der Waals surface area contributed by atoms with Crippen molar-refractivity contribution in [3.8, 4) is 11.4 Å². The van der Waals surface area contributed by atoms with Crippen LogP contribution in [0.2, 0.25) is 0 Å². The molecule has 1 aliphatic rings. The molecule has 1 amide bonds. The smallest absolute Gasteiger partial charge is 0.226 e. The molecule has 1 unspecified atom stereocenters. The molecule has 0 bridgehead atoms. The minimum Gasteiger partial charge on any atom is -0.361 e. The lowest BCUT2D eigenvalue weighted by atomic mass is 10.1. The van der Waals surface area contributed by atoms with Crippen molar-refractivity contribution in [2.75, 3.05) is 6.54 Å². The number of amides is 1. The van der Waals surface area contributed by atoms with E-state index in [0.29, 0.717) is 31.0 Å². The minimum atomic E-state index is 0.0247. The predicted molar refractivity (Wildman–Crippen MR) is 95.4 cm³/mol. The summed E-state index contributed by atoms with van der Waals surface area (Å²) < 4.78 is 10.5. The number of likely N-dealkylation sites (tertiary alicyclic amines) is 1. The highest BCUT2D eigenvalue weighted by Crippen LogP contribution is 2.32. The standard InChI is InChI=1S/C19H21N5O3/c1-13-12-15(22-26-13)16-4-3-11-24(16)18(25)6-2-5-17-21-19(23-27-17)14-7-9-20-10-8-14/h7-10,12,16H,2-6,11H2,1H3. The van der Waals surface area contributed by atoms with Crippen molar-refractivity contribution in [1.29, 1.82) is 0 Å². The van der Waals surface area contributed by atoms with Crippen molar-refractivity contribution in [2.24, 2.45) is 0 Å². The molecule has 1 fully saturated rings. The Bertz CT molecular complexity index is 905. The summed E-state index contributed by atoms with van der Waals surface area (Å²) in [4.78, 5) is 22.9. The summed E-state index contributed by atoms with van der Waals surface area (Å²) in [5.41, 5.74) is 1.70. The molecule has 0 aromatic carbocycles. The number of carbonyl (C=O) groups excluding carboxylic acids is 1. The SMILES string of the molecule is Cc1cc(C2CCCN2C(=O)CCCc2nc(-c3ccncc3)no2)no1. The second kappa shape index (κ2) is 7.69. The molecule has 4 heterocycles. The van der Waals surface area contributed by atoms with E-state index in [9.17, 15) is 4.79 Å². The average molecular weight is 367 g/mol. The van der Waals surface area contributed by atoms with Gasteiger partial charge in [-0.3, -0.25) is 9.78 Å². The van der Waals surface area contributed by atoms with Crippen LogP contribution in [0.3, 0.4) is 0 Å². The van der Waals surface area contributed by atoms with Crippen LogP contribution in [0.5, 0.6) is 0 Å². The Kier molecular flexibility index (Phi) is 4.95. The van der Waals surface area contributed by atoms with Gasteiger partial charge in [-0.2, -0.15) is 4.98 Å². The molecular weight excluding hydrogens is 346 g/mol. The van der Waals surface area contributed by atoms with Crippen LogP contribution in [0.1, 0.15) is 49.1 Å². The van der Waals surface area contributed by atoms with E-state index in [1.165, 1.54) is 0 Å². The Morgan fingerprint density at radius 1 is 1.26 bits per heavy atom. The first-order valence-corrected chi connectivity index (χ1v) is 9.16. The highest BCUT2D eigenvalue weighted by Gasteiger charge is 2.31. The van der Waals surface area contributed by atoms with Crippen molar-refractivity contribution in [2.45, 2.75) is 45.1 Å². The third-order valence-electron chi connectivity index (χ3n) is 4.75. The van der Waals surface area contributed by atoms with Gasteiger partial charge in [-0.25, -0.2) is 0 Å². The second-order valence-corrected chi connectivity index (χ2v) is 6.71. The topological polar surface area (TPSA) is 98.2 Å². The normalized spacial score (nSPS) is 16.8. The van der Waals surface area contributed by atoms with E-state index in [1.807, 2.05) is 30.0 Å². The van der Waals surface area contributed by atoms with Crippen LogP contribution in [-0.4, -0.2) is 37.6 Å². The number of aryl methyl sites for hydroxylation is 2. The Morgan fingerprint density at radius 3 is 2.89 bits per heavy atom. The van der Waals surface area contributed by atoms with Gasteiger partial charge in [0, 0.05) is 43.4 Å². The first kappa shape index (κ1) is 17.4. The summed E-state index contributed by atoms with van der Waals surface area (Å²) in [5.74, 6) is 1.98. The molecule has 1 saturated heterocycles. The molecule has 27 heavy (non-hydrogen) atoms. The molecule has 1 aliphatic heterocycles. The Morgan fingerprint density at radius 2 is 2.11 bits per heavy atom. The molecule has 8 nitrogen and oxygen atoms in total. The van der Waals surface area contributed by atoms with E-state index in [1.54, 1.807) is 12.4 Å². The maximum Gasteiger partial charge on any atom is 0.226 e. The van der Waals surface area contributed by atoms with E-state index in [0.717, 1.165) is 36.4 Å². The highest BCUT2D eigenvalue weighted by atomic mass is 16.5. The zero-order valence-electron chi connectivity index (χ0n) is 15.2. The van der Waals surface area contributed by atoms with Crippen LogP contribution in [0.25, 0.3) is 11.4 Å². The van der Waals surface area contributed by atoms with E-state index < -0.39 is 0 Å². The third kappa shape index (κ3) is 3.89. The summed E-state index contributed by atoms with van der Waals surface area (Å²) in [7, 11) is 0. The Hall–Kier alpha value is -3.03.